The summed E-state index contributed by atoms with van der Waals surface area (Å²) >= 11 is 0. The molecule has 0 spiro atoms. The zero-order chi connectivity index (χ0) is 8.23. The fraction of sp³-hybridized carbons (Fsp3) is 0. The van der Waals surface area contributed by atoms with Gasteiger partial charge in [-0.1, -0.05) is 60.7 Å². The average Bonchev–Trinajstić information content (AvgIpc) is 2.21. The van der Waals surface area contributed by atoms with Gasteiger partial charge in [-0.15, -0.1) is 0 Å². The largest absolute Gasteiger partial charge is 0.0622 e. The Morgan fingerprint density at radius 1 is 0.462 bits per heavy atom. The van der Waals surface area contributed by atoms with Gasteiger partial charge in [0.15, 0.2) is 0 Å². The Labute approximate surface area is 97.4 Å². The minimum Gasteiger partial charge on any atom is -0.0622 e. The molecule has 0 unspecified atom stereocenters. The Hall–Kier alpha value is -0.690. The quantitative estimate of drug-likeness (QED) is 0.746. The maximum absolute atomic E-state index is 2.12. The third-order valence-electron chi connectivity index (χ3n) is 1.88. The van der Waals surface area contributed by atoms with E-state index in [1.165, 1.54) is 11.1 Å². The molecule has 1 heteroatoms. The van der Waals surface area contributed by atoms with Crippen LogP contribution >= 0.6 is 0 Å². The Balaban J connectivity index is 0.000000845. The van der Waals surface area contributed by atoms with E-state index in [1.54, 1.807) is 0 Å². The first-order chi connectivity index (χ1) is 5.97. The van der Waals surface area contributed by atoms with E-state index < -0.39 is 0 Å². The van der Waals surface area contributed by atoms with Gasteiger partial charge in [0.05, 0.1) is 0 Å². The summed E-state index contributed by atoms with van der Waals surface area (Å²) in [6, 6.07) is 20.8. The Bertz CT molecular complexity index is 303. The molecule has 0 aliphatic heterocycles. The molecule has 0 aromatic heterocycles. The van der Waals surface area contributed by atoms with Crippen LogP contribution in [0.5, 0.6) is 0 Å². The summed E-state index contributed by atoms with van der Waals surface area (Å²) in [5.74, 6) is 0. The molecule has 2 aromatic carbocycles. The van der Waals surface area contributed by atoms with E-state index >= 15 is 0 Å². The molecule has 0 aliphatic rings. The maximum Gasteiger partial charge on any atom is -0.0184 e. The van der Waals surface area contributed by atoms with Crippen LogP contribution < -0.4 is 0 Å². The van der Waals surface area contributed by atoms with Gasteiger partial charge in [0.2, 0.25) is 0 Å². The molecule has 0 amide bonds. The molecular weight excluding hydrogens is 259 g/mol. The van der Waals surface area contributed by atoms with Crippen LogP contribution in [-0.2, 0) is 0 Å². The molecule has 0 bridgehead atoms. The Morgan fingerprint density at radius 2 is 0.769 bits per heavy atom. The fourth-order valence-corrected chi connectivity index (χ4v) is 1.26. The van der Waals surface area contributed by atoms with Gasteiger partial charge in [-0.25, -0.2) is 0 Å². The molecule has 0 nitrogen and oxygen atoms in total. The molecule has 2 aromatic rings. The second-order valence-electron chi connectivity index (χ2n) is 2.73. The molecule has 0 heterocycles. The van der Waals surface area contributed by atoms with Crippen LogP contribution in [0.25, 0.3) is 11.1 Å². The Kier molecular flexibility index (Phi) is 4.10. The summed E-state index contributed by atoms with van der Waals surface area (Å²) in [7, 11) is 0. The van der Waals surface area contributed by atoms with Crippen LogP contribution in [0, 0.1) is 0 Å². The molecule has 2 rings (SSSR count). The third kappa shape index (κ3) is 2.63. The standard InChI is InChI=1S/C12H10.In.3H/c1-3-7-11(8-4-1)12-9-5-2-6-10-12;;;;/h1-10H;;;;. The molecular formula is C12H13In. The summed E-state index contributed by atoms with van der Waals surface area (Å²) in [5, 5.41) is 0. The van der Waals surface area contributed by atoms with E-state index in [2.05, 4.69) is 48.5 Å². The molecule has 0 N–H and O–H groups in total. The molecule has 0 fully saturated rings. The minimum absolute atomic E-state index is 0. The van der Waals surface area contributed by atoms with Gasteiger partial charge in [-0.2, -0.15) is 0 Å². The van der Waals surface area contributed by atoms with E-state index in [-0.39, 0.29) is 25.8 Å². The van der Waals surface area contributed by atoms with Gasteiger partial charge in [-0.3, -0.25) is 0 Å². The van der Waals surface area contributed by atoms with Crippen molar-refractivity contribution < 1.29 is 0 Å². The summed E-state index contributed by atoms with van der Waals surface area (Å²) in [4.78, 5) is 0. The van der Waals surface area contributed by atoms with E-state index in [9.17, 15) is 0 Å². The summed E-state index contributed by atoms with van der Waals surface area (Å²) < 4.78 is 0. The SMILES string of the molecule is [InH3].c1ccc(-c2ccccc2)cc1. The van der Waals surface area contributed by atoms with Crippen molar-refractivity contribution in [3.8, 4) is 11.1 Å². The first kappa shape index (κ1) is 10.4. The third-order valence-corrected chi connectivity index (χ3v) is 1.88. The predicted octanol–water partition coefficient (Wildman–Crippen LogP) is 2.17. The molecule has 0 saturated carbocycles. The van der Waals surface area contributed by atoms with E-state index in [1.807, 2.05) is 12.1 Å². The number of rotatable bonds is 1. The van der Waals surface area contributed by atoms with Gasteiger partial charge in [0.25, 0.3) is 0 Å². The van der Waals surface area contributed by atoms with Gasteiger partial charge in [0, 0.05) is 0 Å². The molecule has 0 atom stereocenters. The van der Waals surface area contributed by atoms with Crippen LogP contribution in [0.15, 0.2) is 60.7 Å². The van der Waals surface area contributed by atoms with Gasteiger partial charge in [0.1, 0.15) is 0 Å². The van der Waals surface area contributed by atoms with Crippen LogP contribution in [-0.4, -0.2) is 25.8 Å². The first-order valence-electron chi connectivity index (χ1n) is 4.07. The van der Waals surface area contributed by atoms with Crippen molar-refractivity contribution in [1.82, 2.24) is 0 Å². The smallest absolute Gasteiger partial charge is 0.0184 e. The van der Waals surface area contributed by atoms with E-state index in [0.717, 1.165) is 0 Å². The van der Waals surface area contributed by atoms with Crippen molar-refractivity contribution in [2.75, 3.05) is 0 Å². The number of hydrogen-bond acceptors (Lipinski definition) is 0. The monoisotopic (exact) mass is 272 g/mol. The van der Waals surface area contributed by atoms with Crippen LogP contribution in [0.1, 0.15) is 0 Å². The van der Waals surface area contributed by atoms with Crippen molar-refractivity contribution in [2.24, 2.45) is 0 Å². The topological polar surface area (TPSA) is 0 Å². The number of hydrogen-bond donors (Lipinski definition) is 0. The fourth-order valence-electron chi connectivity index (χ4n) is 1.26. The van der Waals surface area contributed by atoms with Crippen molar-refractivity contribution in [2.45, 2.75) is 0 Å². The maximum atomic E-state index is 2.12. The zero-order valence-electron chi connectivity index (χ0n) is 6.77. The summed E-state index contributed by atoms with van der Waals surface area (Å²) in [5.41, 5.74) is 2.55. The second-order valence-corrected chi connectivity index (χ2v) is 2.73. The van der Waals surface area contributed by atoms with Crippen LogP contribution in [0.2, 0.25) is 0 Å². The zero-order valence-corrected chi connectivity index (χ0v) is 6.77. The second kappa shape index (κ2) is 5.13. The van der Waals surface area contributed by atoms with Crippen LogP contribution in [0.4, 0.5) is 0 Å². The van der Waals surface area contributed by atoms with Gasteiger partial charge < -0.3 is 0 Å². The molecule has 64 valence electrons. The van der Waals surface area contributed by atoms with Crippen molar-refractivity contribution in [3.05, 3.63) is 60.7 Å². The van der Waals surface area contributed by atoms with E-state index in [0.29, 0.717) is 0 Å². The summed E-state index contributed by atoms with van der Waals surface area (Å²) in [6.07, 6.45) is 0. The van der Waals surface area contributed by atoms with E-state index in [4.69, 9.17) is 0 Å². The average molecular weight is 272 g/mol. The molecule has 0 aliphatic carbocycles. The van der Waals surface area contributed by atoms with Crippen molar-refractivity contribution >= 4 is 25.8 Å². The van der Waals surface area contributed by atoms with Gasteiger partial charge >= 0.3 is 25.8 Å². The summed E-state index contributed by atoms with van der Waals surface area (Å²) in [6.45, 7) is 0. The minimum atomic E-state index is 0. The molecule has 0 radical (unpaired) electrons. The first-order valence-corrected chi connectivity index (χ1v) is 4.07. The normalized spacial score (nSPS) is 8.92. The number of benzene rings is 2. The van der Waals surface area contributed by atoms with Crippen LogP contribution in [0.3, 0.4) is 0 Å². The van der Waals surface area contributed by atoms with Crippen molar-refractivity contribution in [3.63, 3.8) is 0 Å². The molecule has 13 heavy (non-hydrogen) atoms. The predicted molar refractivity (Wildman–Crippen MR) is 61.8 cm³/mol. The van der Waals surface area contributed by atoms with Crippen molar-refractivity contribution in [1.29, 1.82) is 0 Å². The molecule has 0 saturated heterocycles. The Morgan fingerprint density at radius 3 is 1.08 bits per heavy atom. The van der Waals surface area contributed by atoms with Gasteiger partial charge in [-0.05, 0) is 11.1 Å².